The highest BCUT2D eigenvalue weighted by atomic mass is 16.4. The van der Waals surface area contributed by atoms with Gasteiger partial charge in [-0.2, -0.15) is 0 Å². The molecule has 7 nitrogen and oxygen atoms in total. The summed E-state index contributed by atoms with van der Waals surface area (Å²) in [6, 6.07) is 0.759. The van der Waals surface area contributed by atoms with E-state index < -0.39 is 0 Å². The lowest BCUT2D eigenvalue weighted by Crippen LogP contribution is -2.37. The van der Waals surface area contributed by atoms with E-state index >= 15 is 0 Å². The zero-order valence-corrected chi connectivity index (χ0v) is 13.0. The smallest absolute Gasteiger partial charge is 0.318 e. The largest absolute Gasteiger partial charge is 0.407 e. The second-order valence-electron chi connectivity index (χ2n) is 5.22. The number of anilines is 1. The minimum atomic E-state index is 0.0125. The van der Waals surface area contributed by atoms with Gasteiger partial charge in [-0.05, 0) is 6.42 Å². The van der Waals surface area contributed by atoms with Crippen LogP contribution in [0.2, 0.25) is 0 Å². The molecule has 0 unspecified atom stereocenters. The monoisotopic (exact) mass is 283 g/mol. The molecule has 1 aromatic heterocycles. The lowest BCUT2D eigenvalue weighted by atomic mass is 10.4. The molecular formula is C13H25N5O2. The fourth-order valence-corrected chi connectivity index (χ4v) is 1.55. The standard InChI is InChI=1S/C13H25N5O2/c1-6-7-18(9-12(19)17(4)5)13-16-15-11(20-13)8-14-10(2)3/h10,14H,6-9H2,1-5H3. The predicted octanol–water partition coefficient (Wildman–Crippen LogP) is 0.872. The van der Waals surface area contributed by atoms with Gasteiger partial charge in [0.25, 0.3) is 0 Å². The van der Waals surface area contributed by atoms with Crippen LogP contribution in [0.25, 0.3) is 0 Å². The Hall–Kier alpha value is -1.63. The van der Waals surface area contributed by atoms with Gasteiger partial charge in [0.15, 0.2) is 0 Å². The Labute approximate surface area is 120 Å². The Balaban J connectivity index is 2.69. The van der Waals surface area contributed by atoms with Crippen LogP contribution >= 0.6 is 0 Å². The van der Waals surface area contributed by atoms with Gasteiger partial charge in [0.1, 0.15) is 6.54 Å². The van der Waals surface area contributed by atoms with E-state index in [1.807, 2.05) is 11.8 Å². The zero-order chi connectivity index (χ0) is 15.1. The quantitative estimate of drug-likeness (QED) is 0.763. The molecule has 0 aliphatic heterocycles. The first-order valence-corrected chi connectivity index (χ1v) is 6.94. The molecular weight excluding hydrogens is 258 g/mol. The summed E-state index contributed by atoms with van der Waals surface area (Å²) in [6.45, 7) is 7.64. The highest BCUT2D eigenvalue weighted by Gasteiger charge is 2.18. The van der Waals surface area contributed by atoms with E-state index in [4.69, 9.17) is 4.42 Å². The van der Waals surface area contributed by atoms with Crippen LogP contribution in [0.4, 0.5) is 6.01 Å². The normalized spacial score (nSPS) is 10.9. The number of carbonyl (C=O) groups excluding carboxylic acids is 1. The highest BCUT2D eigenvalue weighted by molar-refractivity contribution is 5.80. The number of aromatic nitrogens is 2. The van der Waals surface area contributed by atoms with Crippen LogP contribution in [0.1, 0.15) is 33.1 Å². The molecule has 0 aromatic carbocycles. The lowest BCUT2D eigenvalue weighted by molar-refractivity contribution is -0.127. The van der Waals surface area contributed by atoms with Crippen molar-refractivity contribution in [3.05, 3.63) is 5.89 Å². The Bertz CT molecular complexity index is 417. The van der Waals surface area contributed by atoms with E-state index in [0.717, 1.165) is 6.42 Å². The molecule has 0 atom stereocenters. The molecule has 0 saturated carbocycles. The van der Waals surface area contributed by atoms with Gasteiger partial charge >= 0.3 is 6.01 Å². The number of likely N-dealkylation sites (N-methyl/N-ethyl adjacent to an activating group) is 1. The molecule has 20 heavy (non-hydrogen) atoms. The van der Waals surface area contributed by atoms with Gasteiger partial charge in [0.2, 0.25) is 11.8 Å². The molecule has 0 aliphatic rings. The Morgan fingerprint density at radius 2 is 2.05 bits per heavy atom. The number of rotatable bonds is 8. The first-order chi connectivity index (χ1) is 9.43. The lowest BCUT2D eigenvalue weighted by Gasteiger charge is -2.20. The van der Waals surface area contributed by atoms with Crippen LogP contribution in [0.5, 0.6) is 0 Å². The van der Waals surface area contributed by atoms with Gasteiger partial charge in [0.05, 0.1) is 6.54 Å². The first-order valence-electron chi connectivity index (χ1n) is 6.94. The molecule has 1 aromatic rings. The summed E-state index contributed by atoms with van der Waals surface area (Å²) in [5, 5.41) is 11.2. The van der Waals surface area contributed by atoms with Gasteiger partial charge in [-0.25, -0.2) is 0 Å². The third-order valence-electron chi connectivity index (χ3n) is 2.71. The third-order valence-corrected chi connectivity index (χ3v) is 2.71. The van der Waals surface area contributed by atoms with Gasteiger partial charge in [-0.1, -0.05) is 25.9 Å². The second-order valence-corrected chi connectivity index (χ2v) is 5.22. The van der Waals surface area contributed by atoms with Crippen molar-refractivity contribution in [2.75, 3.05) is 32.1 Å². The molecule has 1 heterocycles. The molecule has 0 aliphatic carbocycles. The molecule has 0 fully saturated rings. The first kappa shape index (κ1) is 16.4. The fourth-order valence-electron chi connectivity index (χ4n) is 1.55. The maximum atomic E-state index is 11.8. The van der Waals surface area contributed by atoms with Crippen LogP contribution in [0.3, 0.4) is 0 Å². The molecule has 1 amide bonds. The maximum Gasteiger partial charge on any atom is 0.318 e. The van der Waals surface area contributed by atoms with Crippen LogP contribution < -0.4 is 10.2 Å². The molecule has 114 valence electrons. The molecule has 0 bridgehead atoms. The van der Waals surface area contributed by atoms with Crippen molar-refractivity contribution >= 4 is 11.9 Å². The Kier molecular flexibility index (Phi) is 6.44. The summed E-state index contributed by atoms with van der Waals surface area (Å²) in [6.07, 6.45) is 0.905. The Morgan fingerprint density at radius 3 is 2.60 bits per heavy atom. The van der Waals surface area contributed by atoms with E-state index in [0.29, 0.717) is 31.0 Å². The van der Waals surface area contributed by atoms with E-state index in [2.05, 4.69) is 29.4 Å². The van der Waals surface area contributed by atoms with Crippen molar-refractivity contribution in [2.45, 2.75) is 39.8 Å². The number of carbonyl (C=O) groups is 1. The molecule has 1 rings (SSSR count). The van der Waals surface area contributed by atoms with Crippen molar-refractivity contribution in [3.8, 4) is 0 Å². The van der Waals surface area contributed by atoms with Gasteiger partial charge < -0.3 is 19.5 Å². The second kappa shape index (κ2) is 7.84. The van der Waals surface area contributed by atoms with Gasteiger partial charge in [0, 0.05) is 26.7 Å². The minimum absolute atomic E-state index is 0.0125. The average Bonchev–Trinajstić information content (AvgIpc) is 2.84. The molecule has 0 radical (unpaired) electrons. The van der Waals surface area contributed by atoms with Crippen molar-refractivity contribution in [1.29, 1.82) is 0 Å². The highest BCUT2D eigenvalue weighted by Crippen LogP contribution is 2.13. The summed E-state index contributed by atoms with van der Waals surface area (Å²) in [4.78, 5) is 15.2. The number of hydrogen-bond donors (Lipinski definition) is 1. The molecule has 0 saturated heterocycles. The topological polar surface area (TPSA) is 74.5 Å². The van der Waals surface area contributed by atoms with Crippen LogP contribution in [-0.4, -0.2) is 54.2 Å². The van der Waals surface area contributed by atoms with Crippen molar-refractivity contribution < 1.29 is 9.21 Å². The van der Waals surface area contributed by atoms with Crippen LogP contribution in [0, 0.1) is 0 Å². The van der Waals surface area contributed by atoms with E-state index in [9.17, 15) is 4.79 Å². The summed E-state index contributed by atoms with van der Waals surface area (Å²) in [5.41, 5.74) is 0. The number of nitrogens with zero attached hydrogens (tertiary/aromatic N) is 4. The molecule has 1 N–H and O–H groups in total. The van der Waals surface area contributed by atoms with Crippen molar-refractivity contribution in [2.24, 2.45) is 0 Å². The summed E-state index contributed by atoms with van der Waals surface area (Å²) < 4.78 is 5.60. The number of amides is 1. The van der Waals surface area contributed by atoms with E-state index in [1.165, 1.54) is 0 Å². The molecule has 0 spiro atoms. The van der Waals surface area contributed by atoms with Crippen LogP contribution in [-0.2, 0) is 11.3 Å². The fraction of sp³-hybridized carbons (Fsp3) is 0.769. The average molecular weight is 283 g/mol. The van der Waals surface area contributed by atoms with E-state index in [-0.39, 0.29) is 12.5 Å². The van der Waals surface area contributed by atoms with E-state index in [1.54, 1.807) is 19.0 Å². The zero-order valence-electron chi connectivity index (χ0n) is 13.0. The Morgan fingerprint density at radius 1 is 1.35 bits per heavy atom. The summed E-state index contributed by atoms with van der Waals surface area (Å²) in [7, 11) is 3.47. The molecule has 7 heteroatoms. The SMILES string of the molecule is CCCN(CC(=O)N(C)C)c1nnc(CNC(C)C)o1. The maximum absolute atomic E-state index is 11.8. The van der Waals surface area contributed by atoms with Crippen LogP contribution in [0.15, 0.2) is 4.42 Å². The third kappa shape index (κ3) is 5.16. The van der Waals surface area contributed by atoms with Crippen molar-refractivity contribution in [3.63, 3.8) is 0 Å². The number of hydrogen-bond acceptors (Lipinski definition) is 6. The number of nitrogens with one attached hydrogen (secondary N) is 1. The minimum Gasteiger partial charge on any atom is -0.407 e. The van der Waals surface area contributed by atoms with Gasteiger partial charge in [-0.3, -0.25) is 4.79 Å². The summed E-state index contributed by atoms with van der Waals surface area (Å²) in [5.74, 6) is 0.547. The summed E-state index contributed by atoms with van der Waals surface area (Å²) >= 11 is 0. The van der Waals surface area contributed by atoms with Crippen molar-refractivity contribution in [1.82, 2.24) is 20.4 Å². The predicted molar refractivity (Wildman–Crippen MR) is 77.5 cm³/mol. The van der Waals surface area contributed by atoms with Gasteiger partial charge in [-0.15, -0.1) is 5.10 Å².